The second-order valence-corrected chi connectivity index (χ2v) is 8.53. The fourth-order valence-corrected chi connectivity index (χ4v) is 3.99. The van der Waals surface area contributed by atoms with Gasteiger partial charge in [0, 0.05) is 31.8 Å². The predicted molar refractivity (Wildman–Crippen MR) is 118 cm³/mol. The Hall–Kier alpha value is -3.09. The molecule has 1 saturated carbocycles. The molecule has 1 aliphatic carbocycles. The van der Waals surface area contributed by atoms with Gasteiger partial charge in [0.05, 0.1) is 18.7 Å². The Bertz CT molecular complexity index is 966. The highest BCUT2D eigenvalue weighted by Gasteiger charge is 2.35. The number of methoxy groups -OCH3 is 1. The van der Waals surface area contributed by atoms with Gasteiger partial charge in [-0.1, -0.05) is 12.1 Å². The molecule has 2 aromatic carbocycles. The van der Waals surface area contributed by atoms with Gasteiger partial charge in [0.1, 0.15) is 23.4 Å². The molecule has 0 spiro atoms. The number of hydrogen-bond acceptors (Lipinski definition) is 4. The van der Waals surface area contributed by atoms with Crippen molar-refractivity contribution < 1.29 is 23.5 Å². The highest BCUT2D eigenvalue weighted by molar-refractivity contribution is 5.97. The van der Waals surface area contributed by atoms with Gasteiger partial charge >= 0.3 is 0 Å². The zero-order valence-electron chi connectivity index (χ0n) is 18.5. The van der Waals surface area contributed by atoms with Crippen molar-refractivity contribution in [1.82, 2.24) is 10.2 Å². The number of amides is 2. The standard InChI is InChI=1S/C25H29FN2O4/c1-16(17-5-7-19(26)8-6-17)27-24(29)22-15-21(31-2)9-10-23(22)32-20-11-13-28(14-12-20)25(30)18-3-4-18/h5-10,15-16,18,20H,3-4,11-14H2,1-2H3,(H,27,29)/t16-/m1/s1. The Morgan fingerprint density at radius 2 is 1.75 bits per heavy atom. The third-order valence-corrected chi connectivity index (χ3v) is 6.12. The number of carbonyl (C=O) groups excluding carboxylic acids is 2. The van der Waals surface area contributed by atoms with Crippen molar-refractivity contribution in [2.24, 2.45) is 5.92 Å². The number of nitrogens with zero attached hydrogens (tertiary/aromatic N) is 1. The van der Waals surface area contributed by atoms with Crippen molar-refractivity contribution in [2.75, 3.05) is 20.2 Å². The summed E-state index contributed by atoms with van der Waals surface area (Å²) in [7, 11) is 1.55. The number of piperidine rings is 1. The molecule has 0 unspecified atom stereocenters. The monoisotopic (exact) mass is 440 g/mol. The van der Waals surface area contributed by atoms with Gasteiger partial charge < -0.3 is 19.7 Å². The highest BCUT2D eigenvalue weighted by atomic mass is 19.1. The van der Waals surface area contributed by atoms with Crippen molar-refractivity contribution in [3.8, 4) is 11.5 Å². The van der Waals surface area contributed by atoms with Crippen molar-refractivity contribution in [2.45, 2.75) is 44.8 Å². The molecule has 2 amide bonds. The molecule has 0 aromatic heterocycles. The van der Waals surface area contributed by atoms with Crippen molar-refractivity contribution in [3.63, 3.8) is 0 Å². The van der Waals surface area contributed by atoms with Gasteiger partial charge in [-0.3, -0.25) is 9.59 Å². The van der Waals surface area contributed by atoms with Crippen molar-refractivity contribution >= 4 is 11.8 Å². The van der Waals surface area contributed by atoms with Gasteiger partial charge in [-0.05, 0) is 55.7 Å². The molecule has 2 fully saturated rings. The zero-order valence-corrected chi connectivity index (χ0v) is 18.5. The van der Waals surface area contributed by atoms with Crippen LogP contribution in [0.3, 0.4) is 0 Å². The fourth-order valence-electron chi connectivity index (χ4n) is 3.99. The Kier molecular flexibility index (Phi) is 6.63. The van der Waals surface area contributed by atoms with Crippen LogP contribution < -0.4 is 14.8 Å². The van der Waals surface area contributed by atoms with Crippen LogP contribution in [0.2, 0.25) is 0 Å². The van der Waals surface area contributed by atoms with Gasteiger partial charge in [0.15, 0.2) is 0 Å². The zero-order chi connectivity index (χ0) is 22.7. The summed E-state index contributed by atoms with van der Waals surface area (Å²) in [5, 5.41) is 2.95. The largest absolute Gasteiger partial charge is 0.497 e. The maximum atomic E-state index is 13.2. The van der Waals surface area contributed by atoms with Crippen molar-refractivity contribution in [3.05, 3.63) is 59.4 Å². The number of hydrogen-bond donors (Lipinski definition) is 1. The summed E-state index contributed by atoms with van der Waals surface area (Å²) in [5.74, 6) is 0.927. The number of nitrogens with one attached hydrogen (secondary N) is 1. The van der Waals surface area contributed by atoms with Gasteiger partial charge in [-0.2, -0.15) is 0 Å². The van der Waals surface area contributed by atoms with Crippen LogP contribution in [0.4, 0.5) is 4.39 Å². The van der Waals surface area contributed by atoms with Crippen LogP contribution in [0.1, 0.15) is 54.6 Å². The second-order valence-electron chi connectivity index (χ2n) is 8.53. The SMILES string of the molecule is COc1ccc(OC2CCN(C(=O)C3CC3)CC2)c(C(=O)N[C@H](C)c2ccc(F)cc2)c1. The molecule has 2 aliphatic rings. The van der Waals surface area contributed by atoms with Crippen LogP contribution in [-0.2, 0) is 4.79 Å². The van der Waals surface area contributed by atoms with Crippen molar-refractivity contribution in [1.29, 1.82) is 0 Å². The van der Waals surface area contributed by atoms with E-state index in [0.717, 1.165) is 31.2 Å². The molecule has 1 saturated heterocycles. The van der Waals surface area contributed by atoms with Crippen LogP contribution in [-0.4, -0.2) is 43.0 Å². The average Bonchev–Trinajstić information content (AvgIpc) is 3.65. The molecule has 1 atom stereocenters. The van der Waals surface area contributed by atoms with Crippen LogP contribution in [0.5, 0.6) is 11.5 Å². The van der Waals surface area contributed by atoms with Gasteiger partial charge in [0.25, 0.3) is 5.91 Å². The molecule has 4 rings (SSSR count). The van der Waals surface area contributed by atoms with E-state index in [1.54, 1.807) is 37.4 Å². The normalized spacial score (nSPS) is 17.5. The van der Waals surface area contributed by atoms with Gasteiger partial charge in [-0.25, -0.2) is 4.39 Å². The minimum Gasteiger partial charge on any atom is -0.497 e. The molecule has 170 valence electrons. The van der Waals surface area contributed by atoms with Crippen LogP contribution in [0.25, 0.3) is 0 Å². The lowest BCUT2D eigenvalue weighted by molar-refractivity contribution is -0.134. The summed E-state index contributed by atoms with van der Waals surface area (Å²) in [6.07, 6.45) is 3.42. The molecule has 1 N–H and O–H groups in total. The van der Waals surface area contributed by atoms with E-state index in [1.165, 1.54) is 12.1 Å². The first-order chi connectivity index (χ1) is 15.4. The molecule has 1 aliphatic heterocycles. The maximum Gasteiger partial charge on any atom is 0.255 e. The van der Waals surface area contributed by atoms with Crippen LogP contribution in [0.15, 0.2) is 42.5 Å². The lowest BCUT2D eigenvalue weighted by Crippen LogP contribution is -2.42. The summed E-state index contributed by atoms with van der Waals surface area (Å²) in [6.45, 7) is 3.21. The third kappa shape index (κ3) is 5.21. The molecule has 0 radical (unpaired) electrons. The molecule has 32 heavy (non-hydrogen) atoms. The van der Waals surface area contributed by atoms with E-state index in [-0.39, 0.29) is 35.7 Å². The fraction of sp³-hybridized carbons (Fsp3) is 0.440. The van der Waals surface area contributed by atoms with E-state index in [4.69, 9.17) is 9.47 Å². The van der Waals surface area contributed by atoms with Gasteiger partial charge in [0.2, 0.25) is 5.91 Å². The maximum absolute atomic E-state index is 13.2. The number of carbonyl (C=O) groups is 2. The number of likely N-dealkylation sites (tertiary alicyclic amines) is 1. The Balaban J connectivity index is 1.43. The highest BCUT2D eigenvalue weighted by Crippen LogP contribution is 2.33. The Morgan fingerprint density at radius 1 is 1.06 bits per heavy atom. The summed E-state index contributed by atoms with van der Waals surface area (Å²) >= 11 is 0. The predicted octanol–water partition coefficient (Wildman–Crippen LogP) is 4.11. The molecule has 7 heteroatoms. The Morgan fingerprint density at radius 3 is 2.38 bits per heavy atom. The number of ether oxygens (including phenoxy) is 2. The van der Waals surface area contributed by atoms with E-state index < -0.39 is 0 Å². The molecular formula is C25H29FN2O4. The molecule has 6 nitrogen and oxygen atoms in total. The summed E-state index contributed by atoms with van der Waals surface area (Å²) in [6, 6.07) is 10.9. The minimum atomic E-state index is -0.319. The first-order valence-corrected chi connectivity index (χ1v) is 11.1. The topological polar surface area (TPSA) is 67.9 Å². The summed E-state index contributed by atoms with van der Waals surface area (Å²) in [5.41, 5.74) is 1.19. The van der Waals surface area contributed by atoms with E-state index in [0.29, 0.717) is 30.2 Å². The average molecular weight is 441 g/mol. The number of rotatable bonds is 7. The lowest BCUT2D eigenvalue weighted by atomic mass is 10.1. The minimum absolute atomic E-state index is 0.0623. The number of benzene rings is 2. The van der Waals surface area contributed by atoms with Crippen LogP contribution in [0, 0.1) is 11.7 Å². The first kappa shape index (κ1) is 22.1. The van der Waals surface area contributed by atoms with Gasteiger partial charge in [-0.15, -0.1) is 0 Å². The van der Waals surface area contributed by atoms with E-state index in [2.05, 4.69) is 5.32 Å². The lowest BCUT2D eigenvalue weighted by Gasteiger charge is -2.32. The quantitative estimate of drug-likeness (QED) is 0.704. The molecule has 1 heterocycles. The van der Waals surface area contributed by atoms with E-state index in [1.807, 2.05) is 11.8 Å². The molecular weight excluding hydrogens is 411 g/mol. The number of halogens is 1. The summed E-state index contributed by atoms with van der Waals surface area (Å²) in [4.78, 5) is 27.3. The molecule has 0 bridgehead atoms. The van der Waals surface area contributed by atoms with E-state index in [9.17, 15) is 14.0 Å². The smallest absolute Gasteiger partial charge is 0.255 e. The van der Waals surface area contributed by atoms with Crippen LogP contribution >= 0.6 is 0 Å². The summed E-state index contributed by atoms with van der Waals surface area (Å²) < 4.78 is 24.7. The molecule has 2 aromatic rings. The first-order valence-electron chi connectivity index (χ1n) is 11.1. The third-order valence-electron chi connectivity index (χ3n) is 6.12. The second kappa shape index (κ2) is 9.59. The Labute approximate surface area is 187 Å². The van der Waals surface area contributed by atoms with E-state index >= 15 is 0 Å².